The van der Waals surface area contributed by atoms with Crippen LogP contribution in [0.4, 0.5) is 0 Å². The van der Waals surface area contributed by atoms with Crippen LogP contribution in [0.15, 0.2) is 48.6 Å². The molecule has 148 valence electrons. The molecule has 6 heteroatoms. The molecule has 0 N–H and O–H groups in total. The summed E-state index contributed by atoms with van der Waals surface area (Å²) >= 11 is 0. The Hall–Kier alpha value is -3.41. The Morgan fingerprint density at radius 3 is 1.75 bits per heavy atom. The van der Waals surface area contributed by atoms with E-state index in [1.54, 1.807) is 52.7 Å². The minimum Gasteiger partial charge on any atom is -0.493 e. The highest BCUT2D eigenvalue weighted by Crippen LogP contribution is 2.28. The SMILES string of the molecule is COc1ccc(/C=C\COC(=O)/C=C/c2ccc(OC)c(OC)c2)cc1OC. The van der Waals surface area contributed by atoms with Gasteiger partial charge in [0.2, 0.25) is 0 Å². The molecule has 2 aromatic carbocycles. The summed E-state index contributed by atoms with van der Waals surface area (Å²) in [5.74, 6) is 2.08. The average molecular weight is 384 g/mol. The van der Waals surface area contributed by atoms with E-state index in [0.29, 0.717) is 23.0 Å². The molecule has 0 aliphatic rings. The van der Waals surface area contributed by atoms with Crippen LogP contribution in [0, 0.1) is 0 Å². The van der Waals surface area contributed by atoms with Gasteiger partial charge in [0.15, 0.2) is 23.0 Å². The summed E-state index contributed by atoms with van der Waals surface area (Å²) in [7, 11) is 6.30. The number of carbonyl (C=O) groups excluding carboxylic acids is 1. The third-order valence-electron chi connectivity index (χ3n) is 3.86. The molecule has 0 heterocycles. The van der Waals surface area contributed by atoms with Crippen molar-refractivity contribution in [3.8, 4) is 23.0 Å². The number of carbonyl (C=O) groups is 1. The van der Waals surface area contributed by atoms with E-state index >= 15 is 0 Å². The molecule has 0 aliphatic carbocycles. The molecule has 6 nitrogen and oxygen atoms in total. The summed E-state index contributed by atoms with van der Waals surface area (Å²) in [5, 5.41) is 0. The molecule has 0 spiro atoms. The molecule has 0 bridgehead atoms. The van der Waals surface area contributed by atoms with Gasteiger partial charge >= 0.3 is 5.97 Å². The fourth-order valence-electron chi connectivity index (χ4n) is 2.44. The molecule has 2 rings (SSSR count). The summed E-state index contributed by atoms with van der Waals surface area (Å²) in [6.45, 7) is 0.156. The van der Waals surface area contributed by atoms with E-state index in [4.69, 9.17) is 23.7 Å². The van der Waals surface area contributed by atoms with Crippen molar-refractivity contribution < 1.29 is 28.5 Å². The topological polar surface area (TPSA) is 63.2 Å². The monoisotopic (exact) mass is 384 g/mol. The lowest BCUT2D eigenvalue weighted by molar-refractivity contribution is -0.136. The highest BCUT2D eigenvalue weighted by molar-refractivity contribution is 5.87. The van der Waals surface area contributed by atoms with Gasteiger partial charge in [0.1, 0.15) is 6.61 Å². The molecule has 0 aromatic heterocycles. The largest absolute Gasteiger partial charge is 0.493 e. The van der Waals surface area contributed by atoms with Crippen molar-refractivity contribution in [1.82, 2.24) is 0 Å². The highest BCUT2D eigenvalue weighted by atomic mass is 16.5. The molecular formula is C22H24O6. The van der Waals surface area contributed by atoms with E-state index in [1.807, 2.05) is 30.3 Å². The van der Waals surface area contributed by atoms with Gasteiger partial charge in [0.25, 0.3) is 0 Å². The van der Waals surface area contributed by atoms with Crippen LogP contribution in [0.1, 0.15) is 11.1 Å². The zero-order valence-electron chi connectivity index (χ0n) is 16.4. The van der Waals surface area contributed by atoms with E-state index in [9.17, 15) is 4.79 Å². The molecule has 0 atom stereocenters. The first-order chi connectivity index (χ1) is 13.6. The van der Waals surface area contributed by atoms with E-state index in [-0.39, 0.29) is 6.61 Å². The van der Waals surface area contributed by atoms with Gasteiger partial charge in [0.05, 0.1) is 28.4 Å². The lowest BCUT2D eigenvalue weighted by Gasteiger charge is -2.07. The Morgan fingerprint density at radius 1 is 0.750 bits per heavy atom. The number of esters is 1. The Morgan fingerprint density at radius 2 is 1.25 bits per heavy atom. The Balaban J connectivity index is 1.89. The van der Waals surface area contributed by atoms with E-state index < -0.39 is 5.97 Å². The fourth-order valence-corrected chi connectivity index (χ4v) is 2.44. The molecule has 2 aromatic rings. The number of rotatable bonds is 9. The molecule has 0 fully saturated rings. The first kappa shape index (κ1) is 20.9. The number of hydrogen-bond acceptors (Lipinski definition) is 6. The van der Waals surface area contributed by atoms with Crippen LogP contribution in [0.25, 0.3) is 12.2 Å². The maximum absolute atomic E-state index is 11.9. The van der Waals surface area contributed by atoms with Crippen molar-refractivity contribution in [3.05, 3.63) is 59.7 Å². The maximum atomic E-state index is 11.9. The zero-order chi connectivity index (χ0) is 20.4. The molecular weight excluding hydrogens is 360 g/mol. The average Bonchev–Trinajstić information content (AvgIpc) is 2.74. The quantitative estimate of drug-likeness (QED) is 0.481. The van der Waals surface area contributed by atoms with Crippen LogP contribution < -0.4 is 18.9 Å². The first-order valence-electron chi connectivity index (χ1n) is 8.56. The smallest absolute Gasteiger partial charge is 0.331 e. The number of hydrogen-bond donors (Lipinski definition) is 0. The van der Waals surface area contributed by atoms with Gasteiger partial charge in [-0.05, 0) is 47.5 Å². The molecule has 0 saturated heterocycles. The van der Waals surface area contributed by atoms with Crippen LogP contribution in [-0.2, 0) is 9.53 Å². The van der Waals surface area contributed by atoms with Crippen molar-refractivity contribution >= 4 is 18.1 Å². The van der Waals surface area contributed by atoms with Crippen molar-refractivity contribution in [3.63, 3.8) is 0 Å². The normalized spacial score (nSPS) is 10.9. The third kappa shape index (κ3) is 5.81. The van der Waals surface area contributed by atoms with Crippen molar-refractivity contribution in [2.45, 2.75) is 0 Å². The lowest BCUT2D eigenvalue weighted by atomic mass is 10.2. The van der Waals surface area contributed by atoms with Crippen LogP contribution in [0.5, 0.6) is 23.0 Å². The molecule has 0 unspecified atom stereocenters. The minimum absolute atomic E-state index is 0.156. The predicted octanol–water partition coefficient (Wildman–Crippen LogP) is 3.99. The summed E-state index contributed by atoms with van der Waals surface area (Å²) in [6.07, 6.45) is 6.62. The van der Waals surface area contributed by atoms with E-state index in [1.165, 1.54) is 6.08 Å². The van der Waals surface area contributed by atoms with Gasteiger partial charge < -0.3 is 23.7 Å². The van der Waals surface area contributed by atoms with Gasteiger partial charge in [-0.2, -0.15) is 0 Å². The van der Waals surface area contributed by atoms with Crippen LogP contribution >= 0.6 is 0 Å². The lowest BCUT2D eigenvalue weighted by Crippen LogP contribution is -2.00. The predicted molar refractivity (Wildman–Crippen MR) is 108 cm³/mol. The van der Waals surface area contributed by atoms with Crippen LogP contribution in [-0.4, -0.2) is 41.0 Å². The van der Waals surface area contributed by atoms with E-state index in [2.05, 4.69) is 0 Å². The standard InChI is InChI=1S/C22H24O6/c1-24-18-10-7-16(14-20(18)26-3)6-5-13-28-22(23)12-9-17-8-11-19(25-2)21(15-17)27-4/h5-12,14-15H,13H2,1-4H3/b6-5-,12-9+. The summed E-state index contributed by atoms with van der Waals surface area (Å²) in [4.78, 5) is 11.9. The minimum atomic E-state index is -0.438. The first-order valence-corrected chi connectivity index (χ1v) is 8.56. The van der Waals surface area contributed by atoms with Gasteiger partial charge in [-0.3, -0.25) is 0 Å². The fraction of sp³-hybridized carbons (Fsp3) is 0.227. The third-order valence-corrected chi connectivity index (χ3v) is 3.86. The number of benzene rings is 2. The molecule has 0 aliphatic heterocycles. The summed E-state index contributed by atoms with van der Waals surface area (Å²) < 4.78 is 26.0. The van der Waals surface area contributed by atoms with Crippen LogP contribution in [0.3, 0.4) is 0 Å². The van der Waals surface area contributed by atoms with Crippen molar-refractivity contribution in [2.24, 2.45) is 0 Å². The van der Waals surface area contributed by atoms with Crippen molar-refractivity contribution in [1.29, 1.82) is 0 Å². The zero-order valence-corrected chi connectivity index (χ0v) is 16.4. The second kappa shape index (κ2) is 10.7. The van der Waals surface area contributed by atoms with Gasteiger partial charge in [-0.25, -0.2) is 4.79 Å². The second-order valence-electron chi connectivity index (χ2n) is 5.59. The Kier molecular flexibility index (Phi) is 7.96. The van der Waals surface area contributed by atoms with Gasteiger partial charge in [-0.1, -0.05) is 18.2 Å². The number of methoxy groups -OCH3 is 4. The molecule has 0 radical (unpaired) electrons. The van der Waals surface area contributed by atoms with Gasteiger partial charge in [-0.15, -0.1) is 0 Å². The van der Waals surface area contributed by atoms with Gasteiger partial charge in [0, 0.05) is 6.08 Å². The van der Waals surface area contributed by atoms with Crippen molar-refractivity contribution in [2.75, 3.05) is 35.0 Å². The highest BCUT2D eigenvalue weighted by Gasteiger charge is 2.04. The Labute approximate surface area is 164 Å². The van der Waals surface area contributed by atoms with Crippen LogP contribution in [0.2, 0.25) is 0 Å². The second-order valence-corrected chi connectivity index (χ2v) is 5.59. The molecule has 28 heavy (non-hydrogen) atoms. The van der Waals surface area contributed by atoms with E-state index in [0.717, 1.165) is 11.1 Å². The maximum Gasteiger partial charge on any atom is 0.331 e. The number of ether oxygens (including phenoxy) is 5. The summed E-state index contributed by atoms with van der Waals surface area (Å²) in [5.41, 5.74) is 1.71. The Bertz CT molecular complexity index is 854. The summed E-state index contributed by atoms with van der Waals surface area (Å²) in [6, 6.07) is 10.9. The molecule has 0 amide bonds. The molecule has 0 saturated carbocycles.